The van der Waals surface area contributed by atoms with Crippen LogP contribution in [0.25, 0.3) is 0 Å². The lowest BCUT2D eigenvalue weighted by Gasteiger charge is -2.28. The molecule has 1 rings (SSSR count). The van der Waals surface area contributed by atoms with E-state index in [1.165, 1.54) is 0 Å². The van der Waals surface area contributed by atoms with Crippen LogP contribution in [-0.4, -0.2) is 20.5 Å². The number of rotatable bonds is 4. The summed E-state index contributed by atoms with van der Waals surface area (Å²) in [7, 11) is 0. The van der Waals surface area contributed by atoms with E-state index >= 15 is 0 Å². The summed E-state index contributed by atoms with van der Waals surface area (Å²) in [6.07, 6.45) is 2.61. The lowest BCUT2D eigenvalue weighted by atomic mass is 9.78. The average Bonchev–Trinajstić information content (AvgIpc) is 2.28. The van der Waals surface area contributed by atoms with Gasteiger partial charge < -0.3 is 5.11 Å². The second-order valence-electron chi connectivity index (χ2n) is 4.14. The molecule has 0 saturated heterocycles. The minimum atomic E-state index is -1.50. The van der Waals surface area contributed by atoms with Crippen molar-refractivity contribution in [3.63, 3.8) is 0 Å². The van der Waals surface area contributed by atoms with E-state index in [0.29, 0.717) is 6.42 Å². The van der Waals surface area contributed by atoms with E-state index in [4.69, 9.17) is 0 Å². The number of aliphatic hydroxyl groups is 1. The van der Waals surface area contributed by atoms with Gasteiger partial charge in [0.15, 0.2) is 5.76 Å². The topological polar surface area (TPSA) is 107 Å². The predicted octanol–water partition coefficient (Wildman–Crippen LogP) is 2.05. The van der Waals surface area contributed by atoms with Crippen molar-refractivity contribution in [2.45, 2.75) is 32.2 Å². The molecule has 0 aromatic carbocycles. The molecule has 0 saturated carbocycles. The molecule has 2 atom stereocenters. The second kappa shape index (κ2) is 4.52. The van der Waals surface area contributed by atoms with Gasteiger partial charge in [0.25, 0.3) is 5.54 Å². The molecule has 0 radical (unpaired) electrons. The van der Waals surface area contributed by atoms with Gasteiger partial charge in [0.2, 0.25) is 0 Å². The molecule has 1 N–H and O–H groups in total. The Hall–Kier alpha value is -1.92. The zero-order valence-electron chi connectivity index (χ0n) is 9.62. The number of nitrogens with zero attached hydrogens (tertiary/aromatic N) is 2. The molecule has 1 aliphatic rings. The molecule has 7 nitrogen and oxygen atoms in total. The van der Waals surface area contributed by atoms with E-state index < -0.39 is 26.8 Å². The molecular weight excluding hydrogens is 228 g/mol. The average molecular weight is 242 g/mol. The van der Waals surface area contributed by atoms with Crippen LogP contribution in [0.15, 0.2) is 23.6 Å². The van der Waals surface area contributed by atoms with Crippen LogP contribution in [0, 0.1) is 26.1 Å². The summed E-state index contributed by atoms with van der Waals surface area (Å²) in [6.45, 7) is 3.46. The highest BCUT2D eigenvalue weighted by Crippen LogP contribution is 2.35. The van der Waals surface area contributed by atoms with Crippen LogP contribution in [0.3, 0.4) is 0 Å². The Morgan fingerprint density at radius 1 is 1.53 bits per heavy atom. The van der Waals surface area contributed by atoms with Gasteiger partial charge in [-0.25, -0.2) is 0 Å². The van der Waals surface area contributed by atoms with E-state index in [1.54, 1.807) is 13.8 Å². The number of nitro groups is 2. The fourth-order valence-electron chi connectivity index (χ4n) is 1.88. The monoisotopic (exact) mass is 242 g/mol. The van der Waals surface area contributed by atoms with Crippen molar-refractivity contribution in [1.29, 1.82) is 0 Å². The Balaban J connectivity index is 3.29. The summed E-state index contributed by atoms with van der Waals surface area (Å²) in [5, 5.41) is 31.2. The molecule has 0 spiro atoms. The summed E-state index contributed by atoms with van der Waals surface area (Å²) in [4.78, 5) is 20.6. The number of aliphatic hydroxyl groups excluding tert-OH is 1. The summed E-state index contributed by atoms with van der Waals surface area (Å²) in [5.74, 6) is -0.854. The van der Waals surface area contributed by atoms with Crippen molar-refractivity contribution >= 4 is 0 Å². The second-order valence-corrected chi connectivity index (χ2v) is 4.14. The van der Waals surface area contributed by atoms with Crippen molar-refractivity contribution in [2.24, 2.45) is 5.92 Å². The Labute approximate surface area is 97.7 Å². The highest BCUT2D eigenvalue weighted by Gasteiger charge is 2.49. The first kappa shape index (κ1) is 13.1. The first-order chi connectivity index (χ1) is 7.85. The molecule has 94 valence electrons. The molecular formula is C10H14N2O5. The van der Waals surface area contributed by atoms with Gasteiger partial charge in [0.1, 0.15) is 0 Å². The van der Waals surface area contributed by atoms with Crippen molar-refractivity contribution in [3.8, 4) is 0 Å². The SMILES string of the molecule is CCC(C)C1([N+](=O)[O-])C=C([N+](=O)[O-])C(O)=CC1. The third kappa shape index (κ3) is 2.13. The smallest absolute Gasteiger partial charge is 0.313 e. The first-order valence-electron chi connectivity index (χ1n) is 5.26. The molecule has 7 heteroatoms. The van der Waals surface area contributed by atoms with Gasteiger partial charge in [-0.3, -0.25) is 20.2 Å². The number of hydrogen-bond donors (Lipinski definition) is 1. The molecule has 0 fully saturated rings. The van der Waals surface area contributed by atoms with E-state index in [1.807, 2.05) is 0 Å². The van der Waals surface area contributed by atoms with Crippen LogP contribution in [0.1, 0.15) is 26.7 Å². The zero-order chi connectivity index (χ0) is 13.2. The molecule has 2 unspecified atom stereocenters. The predicted molar refractivity (Wildman–Crippen MR) is 59.6 cm³/mol. The van der Waals surface area contributed by atoms with E-state index in [9.17, 15) is 25.3 Å². The molecule has 0 bridgehead atoms. The summed E-state index contributed by atoms with van der Waals surface area (Å²) < 4.78 is 0. The molecule has 0 heterocycles. The summed E-state index contributed by atoms with van der Waals surface area (Å²) in [5.41, 5.74) is -2.09. The minimum Gasteiger partial charge on any atom is -0.502 e. The van der Waals surface area contributed by atoms with Gasteiger partial charge in [-0.05, 0) is 12.5 Å². The third-order valence-corrected chi connectivity index (χ3v) is 3.27. The lowest BCUT2D eigenvalue weighted by Crippen LogP contribution is -2.44. The van der Waals surface area contributed by atoms with Crippen LogP contribution in [0.4, 0.5) is 0 Å². The largest absolute Gasteiger partial charge is 0.502 e. The zero-order valence-corrected chi connectivity index (χ0v) is 9.62. The third-order valence-electron chi connectivity index (χ3n) is 3.27. The molecule has 0 aromatic heterocycles. The molecule has 0 aromatic rings. The van der Waals surface area contributed by atoms with Crippen molar-refractivity contribution in [2.75, 3.05) is 0 Å². The first-order valence-corrected chi connectivity index (χ1v) is 5.26. The summed E-state index contributed by atoms with van der Waals surface area (Å²) in [6, 6.07) is 0. The Morgan fingerprint density at radius 2 is 2.12 bits per heavy atom. The summed E-state index contributed by atoms with van der Waals surface area (Å²) >= 11 is 0. The van der Waals surface area contributed by atoms with Crippen molar-refractivity contribution in [3.05, 3.63) is 43.8 Å². The van der Waals surface area contributed by atoms with Crippen molar-refractivity contribution < 1.29 is 15.0 Å². The molecule has 0 amide bonds. The van der Waals surface area contributed by atoms with Crippen LogP contribution in [-0.2, 0) is 0 Å². The quantitative estimate of drug-likeness (QED) is 0.599. The lowest BCUT2D eigenvalue weighted by molar-refractivity contribution is -0.567. The van der Waals surface area contributed by atoms with Gasteiger partial charge in [-0.1, -0.05) is 13.8 Å². The van der Waals surface area contributed by atoms with Gasteiger partial charge in [0.05, 0.1) is 11.0 Å². The normalized spacial score (nSPS) is 25.8. The highest BCUT2D eigenvalue weighted by molar-refractivity contribution is 5.28. The molecule has 1 aliphatic carbocycles. The van der Waals surface area contributed by atoms with Crippen LogP contribution >= 0.6 is 0 Å². The van der Waals surface area contributed by atoms with Crippen LogP contribution in [0.2, 0.25) is 0 Å². The van der Waals surface area contributed by atoms with Gasteiger partial charge >= 0.3 is 5.70 Å². The Bertz CT molecular complexity index is 415. The maximum Gasteiger partial charge on any atom is 0.313 e. The van der Waals surface area contributed by atoms with Gasteiger partial charge in [-0.15, -0.1) is 0 Å². The fourth-order valence-corrected chi connectivity index (χ4v) is 1.88. The van der Waals surface area contributed by atoms with Crippen LogP contribution < -0.4 is 0 Å². The standard InChI is InChI=1S/C10H14N2O5/c1-3-7(2)10(12(16)17)5-4-9(13)8(6-10)11(14)15/h4,6-7,13H,3,5H2,1-2H3. The van der Waals surface area contributed by atoms with E-state index in [2.05, 4.69) is 0 Å². The fraction of sp³-hybridized carbons (Fsp3) is 0.600. The van der Waals surface area contributed by atoms with E-state index in [-0.39, 0.29) is 12.3 Å². The maximum absolute atomic E-state index is 11.2. The van der Waals surface area contributed by atoms with Gasteiger partial charge in [-0.2, -0.15) is 0 Å². The van der Waals surface area contributed by atoms with Gasteiger partial charge in [0, 0.05) is 17.3 Å². The molecule has 0 aliphatic heterocycles. The Kier molecular flexibility index (Phi) is 3.50. The highest BCUT2D eigenvalue weighted by atomic mass is 16.6. The Morgan fingerprint density at radius 3 is 2.53 bits per heavy atom. The number of hydrogen-bond acceptors (Lipinski definition) is 5. The van der Waals surface area contributed by atoms with E-state index in [0.717, 1.165) is 12.2 Å². The molecule has 17 heavy (non-hydrogen) atoms. The van der Waals surface area contributed by atoms with Crippen molar-refractivity contribution in [1.82, 2.24) is 0 Å². The minimum absolute atomic E-state index is 0.0296. The maximum atomic E-state index is 11.2. The van der Waals surface area contributed by atoms with Crippen LogP contribution in [0.5, 0.6) is 0 Å².